The number of benzene rings is 1. The molecule has 0 aromatic heterocycles. The molecule has 0 amide bonds. The van der Waals surface area contributed by atoms with E-state index in [9.17, 15) is 0 Å². The Morgan fingerprint density at radius 2 is 2.00 bits per heavy atom. The smallest absolute Gasteiger partial charge is 0.165 e. The fourth-order valence-corrected chi connectivity index (χ4v) is 4.04. The van der Waals surface area contributed by atoms with E-state index in [1.54, 1.807) is 7.11 Å². The highest BCUT2D eigenvalue weighted by Gasteiger charge is 2.37. The van der Waals surface area contributed by atoms with Gasteiger partial charge < -0.3 is 15.2 Å². The molecule has 2 fully saturated rings. The van der Waals surface area contributed by atoms with E-state index in [4.69, 9.17) is 15.2 Å². The third-order valence-corrected chi connectivity index (χ3v) is 6.08. The van der Waals surface area contributed by atoms with Gasteiger partial charge in [-0.3, -0.25) is 0 Å². The monoisotopic (exact) mass is 307 g/mol. The van der Waals surface area contributed by atoms with Crippen LogP contribution in [-0.4, -0.2) is 31.3 Å². The maximum Gasteiger partial charge on any atom is 0.165 e. The van der Waals surface area contributed by atoms with E-state index < -0.39 is 0 Å². The van der Waals surface area contributed by atoms with Gasteiger partial charge >= 0.3 is 0 Å². The summed E-state index contributed by atoms with van der Waals surface area (Å²) in [5.74, 6) is 3.95. The molecule has 0 bridgehead atoms. The van der Waals surface area contributed by atoms with Gasteiger partial charge in [0.2, 0.25) is 0 Å². The van der Waals surface area contributed by atoms with E-state index >= 15 is 0 Å². The average Bonchev–Trinajstić information content (AvgIpc) is 2.51. The zero-order valence-electron chi connectivity index (χ0n) is 12.8. The Hall–Kier alpha value is -0.870. The van der Waals surface area contributed by atoms with E-state index in [2.05, 4.69) is 12.1 Å². The van der Waals surface area contributed by atoms with Crippen molar-refractivity contribution in [3.8, 4) is 11.5 Å². The Morgan fingerprint density at radius 3 is 2.57 bits per heavy atom. The fraction of sp³-hybridized carbons (Fsp3) is 0.647. The van der Waals surface area contributed by atoms with Crippen molar-refractivity contribution in [2.24, 2.45) is 5.73 Å². The second-order valence-corrected chi connectivity index (χ2v) is 7.23. The molecule has 2 aliphatic rings. The van der Waals surface area contributed by atoms with Crippen molar-refractivity contribution in [2.45, 2.75) is 43.6 Å². The predicted molar refractivity (Wildman–Crippen MR) is 88.6 cm³/mol. The molecule has 0 spiro atoms. The molecule has 0 radical (unpaired) electrons. The van der Waals surface area contributed by atoms with Gasteiger partial charge in [0.25, 0.3) is 0 Å². The van der Waals surface area contributed by atoms with Crippen LogP contribution in [0.5, 0.6) is 11.5 Å². The molecule has 2 N–H and O–H groups in total. The molecule has 0 atom stereocenters. The SMILES string of the molecule is COc1cccc(C2(CN)CCCCC2)c1OC1CSC1. The first-order valence-corrected chi connectivity index (χ1v) is 9.06. The highest BCUT2D eigenvalue weighted by atomic mass is 32.2. The Labute approximate surface area is 131 Å². The van der Waals surface area contributed by atoms with Crippen LogP contribution in [0.2, 0.25) is 0 Å². The lowest BCUT2D eigenvalue weighted by atomic mass is 9.69. The number of nitrogens with two attached hydrogens (primary N) is 1. The molecule has 3 nitrogen and oxygen atoms in total. The van der Waals surface area contributed by atoms with Crippen molar-refractivity contribution >= 4 is 11.8 Å². The fourth-order valence-electron chi connectivity index (χ4n) is 3.48. The van der Waals surface area contributed by atoms with Crippen molar-refractivity contribution in [3.63, 3.8) is 0 Å². The molecule has 0 unspecified atom stereocenters. The van der Waals surface area contributed by atoms with E-state index in [-0.39, 0.29) is 5.41 Å². The summed E-state index contributed by atoms with van der Waals surface area (Å²) in [4.78, 5) is 0. The second-order valence-electron chi connectivity index (χ2n) is 6.16. The first kappa shape index (κ1) is 15.0. The third-order valence-electron chi connectivity index (χ3n) is 4.86. The summed E-state index contributed by atoms with van der Waals surface area (Å²) in [5.41, 5.74) is 7.54. The average molecular weight is 307 g/mol. The highest BCUT2D eigenvalue weighted by Crippen LogP contribution is 2.46. The van der Waals surface area contributed by atoms with E-state index in [1.807, 2.05) is 17.8 Å². The minimum Gasteiger partial charge on any atom is -0.493 e. The number of rotatable bonds is 5. The molecule has 21 heavy (non-hydrogen) atoms. The molecule has 3 rings (SSSR count). The molecule has 1 aliphatic heterocycles. The van der Waals surface area contributed by atoms with Gasteiger partial charge in [-0.2, -0.15) is 11.8 Å². The molecule has 1 aromatic rings. The van der Waals surface area contributed by atoms with Gasteiger partial charge in [-0.25, -0.2) is 0 Å². The number of ether oxygens (including phenoxy) is 2. The zero-order chi connectivity index (χ0) is 14.7. The first-order valence-electron chi connectivity index (χ1n) is 7.91. The van der Waals surface area contributed by atoms with Gasteiger partial charge in [-0.05, 0) is 18.9 Å². The topological polar surface area (TPSA) is 44.5 Å². The van der Waals surface area contributed by atoms with Crippen LogP contribution in [-0.2, 0) is 5.41 Å². The van der Waals surface area contributed by atoms with Gasteiger partial charge in [0.15, 0.2) is 11.5 Å². The second kappa shape index (κ2) is 6.49. The summed E-state index contributed by atoms with van der Waals surface area (Å²) < 4.78 is 11.8. The number of hydrogen-bond donors (Lipinski definition) is 1. The normalized spacial score (nSPS) is 21.6. The van der Waals surface area contributed by atoms with Crippen LogP contribution >= 0.6 is 11.8 Å². The summed E-state index contributed by atoms with van der Waals surface area (Å²) in [7, 11) is 1.72. The van der Waals surface area contributed by atoms with Crippen LogP contribution in [0.15, 0.2) is 18.2 Å². The highest BCUT2D eigenvalue weighted by molar-refractivity contribution is 8.00. The van der Waals surface area contributed by atoms with Crippen LogP contribution in [0, 0.1) is 0 Å². The molecule has 1 saturated carbocycles. The van der Waals surface area contributed by atoms with Crippen molar-refractivity contribution in [3.05, 3.63) is 23.8 Å². The zero-order valence-corrected chi connectivity index (χ0v) is 13.6. The molecule has 1 heterocycles. The van der Waals surface area contributed by atoms with Crippen LogP contribution in [0.25, 0.3) is 0 Å². The van der Waals surface area contributed by atoms with Gasteiger partial charge in [-0.15, -0.1) is 0 Å². The van der Waals surface area contributed by atoms with E-state index in [0.29, 0.717) is 12.6 Å². The van der Waals surface area contributed by atoms with Crippen LogP contribution in [0.1, 0.15) is 37.7 Å². The molecular weight excluding hydrogens is 282 g/mol. The lowest BCUT2D eigenvalue weighted by Gasteiger charge is -2.39. The van der Waals surface area contributed by atoms with Crippen LogP contribution in [0.3, 0.4) is 0 Å². The first-order chi connectivity index (χ1) is 10.3. The van der Waals surface area contributed by atoms with Crippen molar-refractivity contribution in [1.82, 2.24) is 0 Å². The van der Waals surface area contributed by atoms with E-state index in [0.717, 1.165) is 35.8 Å². The van der Waals surface area contributed by atoms with Crippen LogP contribution in [0.4, 0.5) is 0 Å². The minimum atomic E-state index is 0.0685. The summed E-state index contributed by atoms with van der Waals surface area (Å²) in [6, 6.07) is 6.27. The molecule has 1 saturated heterocycles. The van der Waals surface area contributed by atoms with Gasteiger partial charge in [0.1, 0.15) is 6.10 Å². The number of methoxy groups -OCH3 is 1. The van der Waals surface area contributed by atoms with Crippen molar-refractivity contribution < 1.29 is 9.47 Å². The molecule has 1 aromatic carbocycles. The Kier molecular flexibility index (Phi) is 4.65. The van der Waals surface area contributed by atoms with Crippen molar-refractivity contribution in [1.29, 1.82) is 0 Å². The van der Waals surface area contributed by atoms with E-state index in [1.165, 1.54) is 24.8 Å². The van der Waals surface area contributed by atoms with Crippen molar-refractivity contribution in [2.75, 3.05) is 25.2 Å². The Morgan fingerprint density at radius 1 is 1.24 bits per heavy atom. The number of hydrogen-bond acceptors (Lipinski definition) is 4. The van der Waals surface area contributed by atoms with Gasteiger partial charge in [0.05, 0.1) is 7.11 Å². The summed E-state index contributed by atoms with van der Waals surface area (Å²) in [6.07, 6.45) is 6.48. The number of thioether (sulfide) groups is 1. The standard InChI is InChI=1S/C17H25NO2S/c1-19-15-7-5-6-14(16(15)20-13-10-21-11-13)17(12-18)8-3-2-4-9-17/h5-7,13H,2-4,8-12,18H2,1H3. The lowest BCUT2D eigenvalue weighted by Crippen LogP contribution is -2.39. The maximum absolute atomic E-state index is 6.28. The maximum atomic E-state index is 6.28. The quantitative estimate of drug-likeness (QED) is 0.906. The molecule has 116 valence electrons. The summed E-state index contributed by atoms with van der Waals surface area (Å²) in [5, 5.41) is 0. The molecule has 1 aliphatic carbocycles. The third kappa shape index (κ3) is 2.88. The summed E-state index contributed by atoms with van der Waals surface area (Å²) >= 11 is 1.93. The Bertz CT molecular complexity index is 482. The minimum absolute atomic E-state index is 0.0685. The van der Waals surface area contributed by atoms with Gasteiger partial charge in [0, 0.05) is 29.0 Å². The largest absolute Gasteiger partial charge is 0.493 e. The van der Waals surface area contributed by atoms with Crippen LogP contribution < -0.4 is 15.2 Å². The molecular formula is C17H25NO2S. The predicted octanol–water partition coefficient (Wildman–Crippen LogP) is 3.35. The lowest BCUT2D eigenvalue weighted by molar-refractivity contribution is 0.212. The van der Waals surface area contributed by atoms with Gasteiger partial charge in [-0.1, -0.05) is 31.4 Å². The number of para-hydroxylation sites is 1. The summed E-state index contributed by atoms with van der Waals surface area (Å²) in [6.45, 7) is 0.690. The molecule has 4 heteroatoms. The Balaban J connectivity index is 1.98.